The van der Waals surface area contributed by atoms with Crippen molar-refractivity contribution in [3.63, 3.8) is 0 Å². The third kappa shape index (κ3) is 19.1. The first-order valence-corrected chi connectivity index (χ1v) is 51.8. The summed E-state index contributed by atoms with van der Waals surface area (Å²) in [6.07, 6.45) is 8.88. The number of aromatic hydroxyl groups is 2. The lowest BCUT2D eigenvalue weighted by Gasteiger charge is -2.35. The van der Waals surface area contributed by atoms with Gasteiger partial charge in [0, 0.05) is 113 Å². The van der Waals surface area contributed by atoms with E-state index in [1.165, 1.54) is 107 Å². The van der Waals surface area contributed by atoms with Gasteiger partial charge in [-0.25, -0.2) is 49.5 Å². The van der Waals surface area contributed by atoms with Crippen molar-refractivity contribution in [2.75, 3.05) is 63.8 Å². The minimum absolute atomic E-state index is 0.0642. The Morgan fingerprint density at radius 3 is 1.40 bits per heavy atom. The molecule has 35 heteroatoms. The minimum atomic E-state index is -2.53. The van der Waals surface area contributed by atoms with E-state index in [1.807, 2.05) is 62.4 Å². The van der Waals surface area contributed by atoms with E-state index in [0.29, 0.717) is 126 Å². The largest absolute Gasteiger partial charge is 0.508 e. The molecule has 23 rings (SSSR count). The summed E-state index contributed by atoms with van der Waals surface area (Å²) in [5, 5.41) is 33.5. The molecule has 5 fully saturated rings. The van der Waals surface area contributed by atoms with E-state index in [4.69, 9.17) is 68.7 Å². The van der Waals surface area contributed by atoms with Crippen molar-refractivity contribution in [1.82, 2.24) is 31.8 Å². The number of hydrogen-bond donors (Lipinski definition) is 3. The van der Waals surface area contributed by atoms with Gasteiger partial charge in [0.2, 0.25) is 0 Å². The summed E-state index contributed by atoms with van der Waals surface area (Å²) in [6, 6.07) is 44.1. The van der Waals surface area contributed by atoms with Crippen molar-refractivity contribution in [3.05, 3.63) is 234 Å². The Hall–Kier alpha value is -10.5. The molecule has 4 unspecified atom stereocenters. The highest BCUT2D eigenvalue weighted by Gasteiger charge is 2.38. The predicted molar refractivity (Wildman–Crippen MR) is 558 cm³/mol. The molecule has 13 heterocycles. The van der Waals surface area contributed by atoms with Crippen molar-refractivity contribution in [1.29, 1.82) is 0 Å². The zero-order chi connectivity index (χ0) is 97.2. The number of aromatic nitrogens is 7. The number of aryl methyl sites for hydroxylation is 3. The highest BCUT2D eigenvalue weighted by atomic mass is 35.5. The quantitative estimate of drug-likeness (QED) is 0.0981. The van der Waals surface area contributed by atoms with Crippen LogP contribution in [0, 0.1) is 49.9 Å². The maximum absolute atomic E-state index is 15.7. The summed E-state index contributed by atoms with van der Waals surface area (Å²) in [4.78, 5) is 24.1. The van der Waals surface area contributed by atoms with Crippen molar-refractivity contribution in [3.8, 4) is 67.4 Å². The van der Waals surface area contributed by atoms with Crippen LogP contribution >= 0.6 is 116 Å². The molecule has 6 aliphatic rings. The van der Waals surface area contributed by atoms with Gasteiger partial charge in [0.05, 0.1) is 71.5 Å². The second kappa shape index (κ2) is 41.2. The second-order valence-corrected chi connectivity index (χ2v) is 41.8. The Kier molecular flexibility index (Phi) is 28.9. The Morgan fingerprint density at radius 1 is 0.403 bits per heavy atom. The number of anilines is 5. The van der Waals surface area contributed by atoms with Gasteiger partial charge in [0.25, 0.3) is 12.9 Å². The Bertz CT molecular complexity index is 7570. The second-order valence-electron chi connectivity index (χ2n) is 36.0. The van der Waals surface area contributed by atoms with Crippen LogP contribution in [0.5, 0.6) is 11.5 Å². The molecule has 0 spiro atoms. The van der Waals surface area contributed by atoms with Crippen LogP contribution in [0.4, 0.5) is 64.5 Å². The van der Waals surface area contributed by atoms with Crippen molar-refractivity contribution < 1.29 is 49.7 Å². The Labute approximate surface area is 841 Å². The number of hydrogen-bond acceptors (Lipinski definition) is 21. The zero-order valence-electron chi connectivity index (χ0n) is 75.8. The number of benzene rings is 10. The van der Waals surface area contributed by atoms with E-state index >= 15 is 13.2 Å². The average Bonchev–Trinajstić information content (AvgIpc) is 1.62. The molecule has 5 saturated heterocycles. The van der Waals surface area contributed by atoms with Gasteiger partial charge in [-0.15, -0.1) is 0 Å². The molecule has 10 aromatic carbocycles. The molecule has 0 bridgehead atoms. The first-order valence-electron chi connectivity index (χ1n) is 46.0. The molecule has 139 heavy (non-hydrogen) atoms. The third-order valence-electron chi connectivity index (χ3n) is 26.9. The van der Waals surface area contributed by atoms with E-state index < -0.39 is 54.0 Å². The normalized spacial score (nSPS) is 17.8. The highest BCUT2D eigenvalue weighted by Crippen LogP contribution is 2.52. The molecular weight excluding hydrogens is 1990 g/mol. The third-order valence-corrected chi connectivity index (χ3v) is 32.9. The minimum Gasteiger partial charge on any atom is -0.508 e. The number of rotatable bonds is 12. The first kappa shape index (κ1) is 97.3. The van der Waals surface area contributed by atoms with Gasteiger partial charge in [-0.05, 0) is 297 Å². The van der Waals surface area contributed by atoms with Crippen LogP contribution in [0.15, 0.2) is 157 Å². The topological polar surface area (TPSA) is 185 Å². The lowest BCUT2D eigenvalue weighted by molar-refractivity contribution is 0.100. The van der Waals surface area contributed by atoms with Crippen LogP contribution in [0.2, 0.25) is 25.1 Å². The molecule has 17 aromatic rings. The molecule has 4 N–H and O–H groups in total. The van der Waals surface area contributed by atoms with Crippen LogP contribution in [-0.2, 0) is 6.54 Å². The number of pyridine rings is 2. The van der Waals surface area contributed by atoms with Crippen molar-refractivity contribution in [2.24, 2.45) is 10.7 Å². The molecular formula is C104H92Cl5F9N14O2S5. The van der Waals surface area contributed by atoms with Crippen LogP contribution < -0.4 is 30.2 Å². The highest BCUT2D eigenvalue weighted by molar-refractivity contribution is 7.13. The molecule has 718 valence electrons. The summed E-state index contributed by atoms with van der Waals surface area (Å²) >= 11 is 39.0. The number of alkyl halides is 4. The lowest BCUT2D eigenvalue weighted by atomic mass is 9.91. The molecule has 0 radical (unpaired) electrons. The van der Waals surface area contributed by atoms with Crippen molar-refractivity contribution in [2.45, 2.75) is 168 Å². The molecule has 16 nitrogen and oxygen atoms in total. The fourth-order valence-electron chi connectivity index (χ4n) is 20.0. The van der Waals surface area contributed by atoms with Gasteiger partial charge in [-0.1, -0.05) is 143 Å². The lowest BCUT2D eigenvalue weighted by Crippen LogP contribution is -2.43. The number of phenols is 2. The average molecular weight is 2080 g/mol. The van der Waals surface area contributed by atoms with Crippen LogP contribution in [0.1, 0.15) is 125 Å². The monoisotopic (exact) mass is 2070 g/mol. The van der Waals surface area contributed by atoms with Gasteiger partial charge < -0.3 is 40.4 Å². The first-order chi connectivity index (χ1) is 67.1. The summed E-state index contributed by atoms with van der Waals surface area (Å²) in [5.41, 5.74) is 16.6. The molecule has 7 aromatic heterocycles. The number of piperidine rings is 4. The molecule has 0 aliphatic carbocycles. The van der Waals surface area contributed by atoms with E-state index in [0.717, 1.165) is 157 Å². The van der Waals surface area contributed by atoms with E-state index in [1.54, 1.807) is 57.9 Å². The summed E-state index contributed by atoms with van der Waals surface area (Å²) in [7, 11) is 0. The molecule has 5 atom stereocenters. The molecule has 6 aliphatic heterocycles. The zero-order valence-corrected chi connectivity index (χ0v) is 83.7. The number of phenolic OH excluding ortho intramolecular Hbond substituents is 2. The number of nitrogens with two attached hydrogens (primary N) is 1. The van der Waals surface area contributed by atoms with Gasteiger partial charge in [0.15, 0.2) is 28.7 Å². The smallest absolute Gasteiger partial charge is 0.258 e. The van der Waals surface area contributed by atoms with E-state index in [-0.39, 0.29) is 55.4 Å². The van der Waals surface area contributed by atoms with E-state index in [9.17, 15) is 36.6 Å². The Balaban J connectivity index is 0.000000111. The molecule has 0 amide bonds. The maximum Gasteiger partial charge on any atom is 0.258 e. The van der Waals surface area contributed by atoms with Crippen LogP contribution in [0.25, 0.3) is 132 Å². The summed E-state index contributed by atoms with van der Waals surface area (Å²) in [5.74, 6) is -3.40. The van der Waals surface area contributed by atoms with Gasteiger partial charge in [0.1, 0.15) is 64.7 Å². The number of fused-ring (bicyclic) bond motifs is 8. The van der Waals surface area contributed by atoms with Crippen LogP contribution in [0.3, 0.4) is 0 Å². The van der Waals surface area contributed by atoms with Crippen LogP contribution in [-0.4, -0.2) is 131 Å². The van der Waals surface area contributed by atoms with Crippen molar-refractivity contribution >= 4 is 223 Å². The number of halogens is 14. The summed E-state index contributed by atoms with van der Waals surface area (Å²) < 4.78 is 151. The van der Waals surface area contributed by atoms with Gasteiger partial charge >= 0.3 is 0 Å². The number of aliphatic imine (C=N–C) groups is 1. The molecule has 0 saturated carbocycles. The fraction of sp³-hybridized carbons (Fsp3) is 0.308. The fourth-order valence-corrected chi connectivity index (χ4v) is 26.0. The SMILES string of the molecule is Cc1cc(-c2nc3nsc(N4CCCCC4C)c3cc2Cl)c2ccccc2c1.Cc1ccc2c(c1-c1c(Cl)cc3c(N4CCCCC4C(F)F)snc3c1F)C=NC2.Cc1cccc(F)c1-c1nc2nsc(N3CCCCC3C)c2cc1Cl.N[C@@H]1CCN(c2snc3c(F)c(-c4cc(O)cc5ccccc45)c(Cl)cc23)C1.Oc1cccc(F)c1-c1c(Cl)cc2c(N3CCCCC3C(F)F)snc2c1F. The van der Waals surface area contributed by atoms with Gasteiger partial charge in [-0.3, -0.25) is 4.99 Å². The number of nitrogens with zero attached hydrogens (tertiary/aromatic N) is 13. The summed E-state index contributed by atoms with van der Waals surface area (Å²) in [6.45, 7) is 15.6. The standard InChI is InChI=1S/C23H22ClN3S.C22H19ClF3N3S.C21H17ClFN3OS.C19H15ClF4N2OS.C19H19ClFN3S/c1-14-11-16-8-3-4-9-17(16)18(12-14)21-20(24)13-19-22(25-21)26-28-23(19)27-10-6-5-7-15(27)2;1-11-5-6-12-9-27-10-14(12)17(11)18-15(23)8-13-20(19(18)24)28-30-22(13)29-7-3-2-4-16(29)21(25)26;22-17-9-16-20(25-28-21(16)26-6-5-12(24)10-26)19(23)18(17)15-8-13(27)7-11-3-1-2-4-14(11)15;20-10-8-9-17(16(22)14(10)15-11(21)4-3-6-13(15)27)25-28-19(9)26-7-2-1-5-12(26)18(23)24;1-11-6-5-8-15(21)16(11)17-14(20)10-13-18(22-17)23-25-19(13)24-9-4-3-7-12(24)2/h3-4,8-9,11-13,15H,5-7,10H2,1-2H3;5-6,8,10,16,21H,2-4,7,9H2,1H3;1-4,7-9,12,27H,5-6,10,24H2;3-4,6,8,12,18,27H,1-2,5,7H2;5-6,8,10,12H,3-4,7,9H2,1-2H3/t;;12-;;/m..1../s1. The van der Waals surface area contributed by atoms with Gasteiger partial charge in [-0.2, -0.15) is 21.9 Å². The maximum atomic E-state index is 15.7. The predicted octanol–water partition coefficient (Wildman–Crippen LogP) is 30.7. The van der Waals surface area contributed by atoms with E-state index in [2.05, 4.69) is 110 Å². The Morgan fingerprint density at radius 2 is 0.856 bits per heavy atom.